The number of thioether (sulfide) groups is 1. The Hall–Kier alpha value is -1.13. The van der Waals surface area contributed by atoms with Gasteiger partial charge in [-0.25, -0.2) is 0 Å². The first kappa shape index (κ1) is 15.3. The van der Waals surface area contributed by atoms with Gasteiger partial charge >= 0.3 is 0 Å². The van der Waals surface area contributed by atoms with E-state index in [4.69, 9.17) is 12.2 Å². The molecule has 4 heteroatoms. The average Bonchev–Trinajstić information content (AvgIpc) is 2.64. The summed E-state index contributed by atoms with van der Waals surface area (Å²) in [5.74, 6) is 0.00654. The molecule has 0 N–H and O–H groups in total. The molecule has 0 radical (unpaired) electrons. The summed E-state index contributed by atoms with van der Waals surface area (Å²) in [6.45, 7) is 8.12. The lowest BCUT2D eigenvalue weighted by Gasteiger charge is -2.30. The summed E-state index contributed by atoms with van der Waals surface area (Å²) in [5.41, 5.74) is 2.06. The highest BCUT2D eigenvalue weighted by molar-refractivity contribution is 8.26. The van der Waals surface area contributed by atoms with Gasteiger partial charge in [-0.3, -0.25) is 9.69 Å². The summed E-state index contributed by atoms with van der Waals surface area (Å²) < 4.78 is 0.638. The zero-order chi connectivity index (χ0) is 14.9. The first-order chi connectivity index (χ1) is 9.32. The predicted octanol–water partition coefficient (Wildman–Crippen LogP) is 4.25. The Morgan fingerprint density at radius 2 is 1.85 bits per heavy atom. The third kappa shape index (κ3) is 3.13. The molecule has 0 aliphatic carbocycles. The van der Waals surface area contributed by atoms with E-state index >= 15 is 0 Å². The van der Waals surface area contributed by atoms with Crippen LogP contribution < -0.4 is 0 Å². The van der Waals surface area contributed by atoms with Gasteiger partial charge in [0.2, 0.25) is 0 Å². The van der Waals surface area contributed by atoms with Crippen LogP contribution in [0, 0.1) is 0 Å². The number of rotatable bonds is 2. The highest BCUT2D eigenvalue weighted by Crippen LogP contribution is 2.36. The normalized spacial score (nSPS) is 18.2. The topological polar surface area (TPSA) is 20.3 Å². The summed E-state index contributed by atoms with van der Waals surface area (Å²) in [6.07, 6.45) is 2.94. The van der Waals surface area contributed by atoms with Crippen molar-refractivity contribution < 1.29 is 4.79 Å². The van der Waals surface area contributed by atoms with E-state index in [0.29, 0.717) is 9.23 Å². The van der Waals surface area contributed by atoms with Crippen molar-refractivity contribution in [3.8, 4) is 0 Å². The zero-order valence-corrected chi connectivity index (χ0v) is 13.9. The molecule has 20 heavy (non-hydrogen) atoms. The Morgan fingerprint density at radius 1 is 1.25 bits per heavy atom. The molecule has 1 saturated heterocycles. The van der Waals surface area contributed by atoms with Crippen molar-refractivity contribution in [2.45, 2.75) is 39.7 Å². The summed E-state index contributed by atoms with van der Waals surface area (Å²) in [5, 5.41) is 0. The Balaban J connectivity index is 2.27. The van der Waals surface area contributed by atoms with Crippen LogP contribution in [0.3, 0.4) is 0 Å². The standard InChI is InChI=1S/C16H19NOS2/c1-5-11-6-8-12(9-7-11)10-13-14(18)17(15(19)20-13)16(2,3)4/h6-10H,5H2,1-4H3/b13-10-. The minimum absolute atomic E-state index is 0.00654. The molecular weight excluding hydrogens is 286 g/mol. The molecule has 106 valence electrons. The molecule has 1 aliphatic heterocycles. The summed E-state index contributed by atoms with van der Waals surface area (Å²) in [4.78, 5) is 14.8. The number of carbonyl (C=O) groups is 1. The molecule has 1 aliphatic rings. The minimum atomic E-state index is -0.275. The number of hydrogen-bond acceptors (Lipinski definition) is 3. The number of carbonyl (C=O) groups excluding carboxylic acids is 1. The van der Waals surface area contributed by atoms with Gasteiger partial charge in [0.15, 0.2) is 0 Å². The quantitative estimate of drug-likeness (QED) is 0.602. The molecule has 0 atom stereocenters. The van der Waals surface area contributed by atoms with Gasteiger partial charge in [0.05, 0.1) is 4.91 Å². The molecule has 2 nitrogen and oxygen atoms in total. The van der Waals surface area contributed by atoms with Crippen LogP contribution in [0.1, 0.15) is 38.8 Å². The van der Waals surface area contributed by atoms with Gasteiger partial charge in [-0.15, -0.1) is 0 Å². The van der Waals surface area contributed by atoms with Crippen molar-refractivity contribution in [3.63, 3.8) is 0 Å². The first-order valence-corrected chi connectivity index (χ1v) is 7.92. The maximum absolute atomic E-state index is 12.4. The molecule has 0 bridgehead atoms. The van der Waals surface area contributed by atoms with E-state index in [1.165, 1.54) is 17.3 Å². The van der Waals surface area contributed by atoms with Crippen LogP contribution in [0.15, 0.2) is 29.2 Å². The van der Waals surface area contributed by atoms with E-state index in [1.54, 1.807) is 4.90 Å². The van der Waals surface area contributed by atoms with Crippen molar-refractivity contribution in [2.24, 2.45) is 0 Å². The molecule has 0 spiro atoms. The Bertz CT molecular complexity index is 567. The number of amides is 1. The average molecular weight is 305 g/mol. The lowest BCUT2D eigenvalue weighted by Crippen LogP contribution is -2.44. The van der Waals surface area contributed by atoms with Gasteiger partial charge in [0.1, 0.15) is 4.32 Å². The van der Waals surface area contributed by atoms with Gasteiger partial charge < -0.3 is 0 Å². The van der Waals surface area contributed by atoms with Gasteiger partial charge in [-0.05, 0) is 44.4 Å². The molecule has 0 saturated carbocycles. The maximum Gasteiger partial charge on any atom is 0.266 e. The summed E-state index contributed by atoms with van der Waals surface area (Å²) >= 11 is 6.71. The first-order valence-electron chi connectivity index (χ1n) is 6.70. The van der Waals surface area contributed by atoms with Crippen LogP contribution in [-0.2, 0) is 11.2 Å². The van der Waals surface area contributed by atoms with Gasteiger partial charge in [0, 0.05) is 5.54 Å². The van der Waals surface area contributed by atoms with E-state index in [0.717, 1.165) is 12.0 Å². The highest BCUT2D eigenvalue weighted by Gasteiger charge is 2.38. The molecule has 2 rings (SSSR count). The zero-order valence-electron chi connectivity index (χ0n) is 12.3. The van der Waals surface area contributed by atoms with Crippen LogP contribution in [-0.4, -0.2) is 20.7 Å². The van der Waals surface area contributed by atoms with E-state index < -0.39 is 0 Å². The second kappa shape index (κ2) is 5.70. The van der Waals surface area contributed by atoms with E-state index in [9.17, 15) is 4.79 Å². The second-order valence-electron chi connectivity index (χ2n) is 5.78. The van der Waals surface area contributed by atoms with Crippen LogP contribution in [0.5, 0.6) is 0 Å². The fourth-order valence-corrected chi connectivity index (χ4v) is 3.68. The molecule has 0 unspecified atom stereocenters. The third-order valence-corrected chi connectivity index (χ3v) is 4.45. The van der Waals surface area contributed by atoms with Crippen molar-refractivity contribution in [3.05, 3.63) is 40.3 Å². The molecular formula is C16H19NOS2. The molecule has 1 aromatic rings. The number of benzene rings is 1. The lowest BCUT2D eigenvalue weighted by molar-refractivity contribution is -0.125. The fourth-order valence-electron chi connectivity index (χ4n) is 2.05. The van der Waals surface area contributed by atoms with Crippen molar-refractivity contribution in [2.75, 3.05) is 0 Å². The molecule has 1 fully saturated rings. The fraction of sp³-hybridized carbons (Fsp3) is 0.375. The number of thiocarbonyl (C=S) groups is 1. The second-order valence-corrected chi connectivity index (χ2v) is 7.46. The Labute approximate surface area is 130 Å². The van der Waals surface area contributed by atoms with Gasteiger partial charge in [-0.2, -0.15) is 0 Å². The SMILES string of the molecule is CCc1ccc(/C=C2\SC(=S)N(C(C)(C)C)C2=O)cc1. The van der Waals surface area contributed by atoms with Crippen molar-refractivity contribution >= 4 is 40.3 Å². The number of hydrogen-bond donors (Lipinski definition) is 0. The third-order valence-electron chi connectivity index (χ3n) is 3.15. The highest BCUT2D eigenvalue weighted by atomic mass is 32.2. The van der Waals surface area contributed by atoms with Crippen LogP contribution in [0.25, 0.3) is 6.08 Å². The van der Waals surface area contributed by atoms with E-state index in [2.05, 4.69) is 19.1 Å². The molecule has 1 heterocycles. The summed E-state index contributed by atoms with van der Waals surface area (Å²) in [7, 11) is 0. The Kier molecular flexibility index (Phi) is 4.35. The molecule has 1 aromatic carbocycles. The number of aryl methyl sites for hydroxylation is 1. The molecule has 1 amide bonds. The van der Waals surface area contributed by atoms with Crippen LogP contribution in [0.4, 0.5) is 0 Å². The predicted molar refractivity (Wildman–Crippen MR) is 90.6 cm³/mol. The smallest absolute Gasteiger partial charge is 0.266 e. The monoisotopic (exact) mass is 305 g/mol. The van der Waals surface area contributed by atoms with Gasteiger partial charge in [-0.1, -0.05) is 55.2 Å². The van der Waals surface area contributed by atoms with Crippen LogP contribution in [0.2, 0.25) is 0 Å². The Morgan fingerprint density at radius 3 is 2.30 bits per heavy atom. The maximum atomic E-state index is 12.4. The van der Waals surface area contributed by atoms with Crippen molar-refractivity contribution in [1.82, 2.24) is 4.90 Å². The largest absolute Gasteiger partial charge is 0.288 e. The van der Waals surface area contributed by atoms with E-state index in [-0.39, 0.29) is 11.4 Å². The van der Waals surface area contributed by atoms with E-state index in [1.807, 2.05) is 39.0 Å². The minimum Gasteiger partial charge on any atom is -0.288 e. The molecule has 0 aromatic heterocycles. The van der Waals surface area contributed by atoms with Crippen LogP contribution >= 0.6 is 24.0 Å². The lowest BCUT2D eigenvalue weighted by atomic mass is 10.1. The van der Waals surface area contributed by atoms with Crippen molar-refractivity contribution in [1.29, 1.82) is 0 Å². The summed E-state index contributed by atoms with van der Waals surface area (Å²) in [6, 6.07) is 8.28. The van der Waals surface area contributed by atoms with Gasteiger partial charge in [0.25, 0.3) is 5.91 Å². The number of nitrogens with zero attached hydrogens (tertiary/aromatic N) is 1.